The van der Waals surface area contributed by atoms with E-state index in [0.29, 0.717) is 10.7 Å². The summed E-state index contributed by atoms with van der Waals surface area (Å²) in [5.41, 5.74) is 1.45. The van der Waals surface area contributed by atoms with Crippen LogP contribution in [0.15, 0.2) is 59.6 Å². The average molecular weight is 363 g/mol. The van der Waals surface area contributed by atoms with Gasteiger partial charge in [-0.3, -0.25) is 13.9 Å². The lowest BCUT2D eigenvalue weighted by Crippen LogP contribution is -2.24. The van der Waals surface area contributed by atoms with Crippen LogP contribution in [-0.4, -0.2) is 23.1 Å². The fourth-order valence-electron chi connectivity index (χ4n) is 2.25. The second kappa shape index (κ2) is 7.07. The third kappa shape index (κ3) is 3.44. The Bertz CT molecular complexity index is 804. The quantitative estimate of drug-likeness (QED) is 0.847. The maximum Gasteiger partial charge on any atom is 0.269 e. The molecule has 1 aliphatic rings. The molecule has 5 nitrogen and oxygen atoms in total. The van der Waals surface area contributed by atoms with Crippen molar-refractivity contribution < 1.29 is 13.7 Å². The summed E-state index contributed by atoms with van der Waals surface area (Å²) in [5.74, 6) is 0.593. The standard InChI is InChI=1S/C17H15ClN2O3S/c1-23-15-8-4-13(5-9-15)19-10-16-17(21)20(11-24(16)22)14-6-2-12(18)3-7-14/h2-10,19H,11H2,1H3. The molecule has 3 rings (SSSR count). The van der Waals surface area contributed by atoms with Crippen LogP contribution >= 0.6 is 11.6 Å². The number of anilines is 2. The Hall–Kier alpha value is -2.31. The molecule has 0 aliphatic carbocycles. The van der Waals surface area contributed by atoms with Gasteiger partial charge in [-0.15, -0.1) is 0 Å². The van der Waals surface area contributed by atoms with Crippen LogP contribution in [0.25, 0.3) is 0 Å². The molecule has 1 unspecified atom stereocenters. The highest BCUT2D eigenvalue weighted by Gasteiger charge is 2.33. The molecule has 1 saturated heterocycles. The molecule has 1 amide bonds. The van der Waals surface area contributed by atoms with E-state index in [1.54, 1.807) is 43.5 Å². The average Bonchev–Trinajstić information content (AvgIpc) is 2.88. The first-order valence-electron chi connectivity index (χ1n) is 7.15. The van der Waals surface area contributed by atoms with E-state index in [9.17, 15) is 9.00 Å². The Morgan fingerprint density at radius 1 is 1.17 bits per heavy atom. The Balaban J connectivity index is 1.76. The second-order valence-electron chi connectivity index (χ2n) is 5.07. The van der Waals surface area contributed by atoms with Gasteiger partial charge >= 0.3 is 0 Å². The number of nitrogens with zero attached hydrogens (tertiary/aromatic N) is 1. The van der Waals surface area contributed by atoms with Gasteiger partial charge < -0.3 is 10.1 Å². The maximum absolute atomic E-state index is 12.5. The Morgan fingerprint density at radius 3 is 2.46 bits per heavy atom. The van der Waals surface area contributed by atoms with Gasteiger partial charge in [-0.2, -0.15) is 0 Å². The van der Waals surface area contributed by atoms with Gasteiger partial charge in [-0.1, -0.05) is 11.6 Å². The van der Waals surface area contributed by atoms with Crippen molar-refractivity contribution in [3.63, 3.8) is 0 Å². The van der Waals surface area contributed by atoms with Gasteiger partial charge in [0.05, 0.1) is 17.9 Å². The van der Waals surface area contributed by atoms with Gasteiger partial charge in [-0.25, -0.2) is 0 Å². The number of rotatable bonds is 4. The Morgan fingerprint density at radius 2 is 1.83 bits per heavy atom. The minimum absolute atomic E-state index is 0.136. The van der Waals surface area contributed by atoms with Crippen molar-refractivity contribution in [3.05, 3.63) is 64.7 Å². The van der Waals surface area contributed by atoms with Crippen molar-refractivity contribution in [2.45, 2.75) is 0 Å². The predicted molar refractivity (Wildman–Crippen MR) is 96.6 cm³/mol. The van der Waals surface area contributed by atoms with Gasteiger partial charge in [0.2, 0.25) is 0 Å². The van der Waals surface area contributed by atoms with Crippen molar-refractivity contribution in [2.75, 3.05) is 23.2 Å². The number of carbonyl (C=O) groups is 1. The number of ether oxygens (including phenoxy) is 1. The van der Waals surface area contributed by atoms with E-state index >= 15 is 0 Å². The smallest absolute Gasteiger partial charge is 0.269 e. The van der Waals surface area contributed by atoms with Crippen LogP contribution in [0, 0.1) is 0 Å². The Labute approximate surface area is 147 Å². The van der Waals surface area contributed by atoms with E-state index < -0.39 is 10.8 Å². The van der Waals surface area contributed by atoms with Crippen molar-refractivity contribution in [2.24, 2.45) is 0 Å². The molecule has 1 aliphatic heterocycles. The molecule has 0 spiro atoms. The number of nitrogens with one attached hydrogen (secondary N) is 1. The molecule has 0 saturated carbocycles. The first-order valence-corrected chi connectivity index (χ1v) is 8.85. The molecule has 1 fully saturated rings. The molecule has 0 radical (unpaired) electrons. The summed E-state index contributed by atoms with van der Waals surface area (Å²) in [6.45, 7) is 0. The topological polar surface area (TPSA) is 58.6 Å². The highest BCUT2D eigenvalue weighted by Crippen LogP contribution is 2.26. The van der Waals surface area contributed by atoms with E-state index in [-0.39, 0.29) is 16.7 Å². The largest absolute Gasteiger partial charge is 0.497 e. The highest BCUT2D eigenvalue weighted by molar-refractivity contribution is 7.90. The lowest BCUT2D eigenvalue weighted by molar-refractivity contribution is -0.114. The number of halogens is 1. The molecule has 0 bridgehead atoms. The fourth-order valence-corrected chi connectivity index (χ4v) is 3.51. The minimum atomic E-state index is -1.39. The third-order valence-electron chi connectivity index (χ3n) is 3.55. The molecular weight excluding hydrogens is 348 g/mol. The molecule has 2 aromatic rings. The number of carbonyl (C=O) groups excluding carboxylic acids is 1. The highest BCUT2D eigenvalue weighted by atomic mass is 35.5. The van der Waals surface area contributed by atoms with Gasteiger partial charge in [-0.05, 0) is 48.5 Å². The summed E-state index contributed by atoms with van der Waals surface area (Å²) in [6, 6.07) is 14.1. The van der Waals surface area contributed by atoms with E-state index in [1.807, 2.05) is 12.1 Å². The van der Waals surface area contributed by atoms with Crippen LogP contribution < -0.4 is 15.0 Å². The summed E-state index contributed by atoms with van der Waals surface area (Å²) in [4.78, 5) is 14.2. The zero-order valence-corrected chi connectivity index (χ0v) is 14.4. The number of methoxy groups -OCH3 is 1. The first kappa shape index (κ1) is 16.5. The predicted octanol–water partition coefficient (Wildman–Crippen LogP) is 3.35. The van der Waals surface area contributed by atoms with Crippen LogP contribution in [-0.2, 0) is 15.6 Å². The molecular formula is C17H15ClN2O3S. The van der Waals surface area contributed by atoms with Gasteiger partial charge in [0, 0.05) is 22.6 Å². The van der Waals surface area contributed by atoms with Crippen LogP contribution in [0.3, 0.4) is 0 Å². The lowest BCUT2D eigenvalue weighted by atomic mass is 10.3. The van der Waals surface area contributed by atoms with Crippen LogP contribution in [0.2, 0.25) is 5.02 Å². The lowest BCUT2D eigenvalue weighted by Gasteiger charge is -2.13. The zero-order chi connectivity index (χ0) is 17.1. The molecule has 1 atom stereocenters. The molecule has 124 valence electrons. The van der Waals surface area contributed by atoms with Crippen molar-refractivity contribution >= 4 is 39.7 Å². The molecule has 2 aromatic carbocycles. The van der Waals surface area contributed by atoms with Crippen LogP contribution in [0.4, 0.5) is 11.4 Å². The number of amides is 1. The van der Waals surface area contributed by atoms with E-state index in [1.165, 1.54) is 11.1 Å². The number of hydrogen-bond donors (Lipinski definition) is 1. The maximum atomic E-state index is 12.5. The van der Waals surface area contributed by atoms with Crippen LogP contribution in [0.1, 0.15) is 0 Å². The zero-order valence-electron chi connectivity index (χ0n) is 12.9. The molecule has 0 aromatic heterocycles. The molecule has 1 heterocycles. The normalized spacial score (nSPS) is 18.9. The summed E-state index contributed by atoms with van der Waals surface area (Å²) in [7, 11) is 0.204. The van der Waals surface area contributed by atoms with E-state index in [2.05, 4.69) is 5.32 Å². The fraction of sp³-hybridized carbons (Fsp3) is 0.118. The summed E-state index contributed by atoms with van der Waals surface area (Å²) >= 11 is 5.86. The second-order valence-corrected chi connectivity index (χ2v) is 6.89. The van der Waals surface area contributed by atoms with Crippen LogP contribution in [0.5, 0.6) is 5.75 Å². The number of hydrogen-bond acceptors (Lipinski definition) is 4. The Kier molecular flexibility index (Phi) is 4.87. The number of benzene rings is 2. The van der Waals surface area contributed by atoms with E-state index in [4.69, 9.17) is 16.3 Å². The summed E-state index contributed by atoms with van der Waals surface area (Å²) in [6.07, 6.45) is 1.50. The first-order chi connectivity index (χ1) is 11.6. The van der Waals surface area contributed by atoms with Crippen molar-refractivity contribution in [1.82, 2.24) is 0 Å². The molecule has 1 N–H and O–H groups in total. The third-order valence-corrected chi connectivity index (χ3v) is 5.07. The van der Waals surface area contributed by atoms with Gasteiger partial charge in [0.25, 0.3) is 5.91 Å². The van der Waals surface area contributed by atoms with Crippen molar-refractivity contribution in [1.29, 1.82) is 0 Å². The molecule has 7 heteroatoms. The van der Waals surface area contributed by atoms with Crippen molar-refractivity contribution in [3.8, 4) is 5.75 Å². The van der Waals surface area contributed by atoms with Gasteiger partial charge in [0.1, 0.15) is 16.5 Å². The SMILES string of the molecule is COc1ccc(NC=C2C(=O)N(c3ccc(Cl)cc3)CS2=O)cc1. The minimum Gasteiger partial charge on any atom is -0.497 e. The summed E-state index contributed by atoms with van der Waals surface area (Å²) < 4.78 is 17.3. The molecule has 24 heavy (non-hydrogen) atoms. The van der Waals surface area contributed by atoms with Gasteiger partial charge in [0.15, 0.2) is 0 Å². The monoisotopic (exact) mass is 362 g/mol. The van der Waals surface area contributed by atoms with E-state index in [0.717, 1.165) is 11.4 Å². The summed E-state index contributed by atoms with van der Waals surface area (Å²) in [5, 5.41) is 3.59.